The fraction of sp³-hybridized carbons (Fsp3) is 0.556. The van der Waals surface area contributed by atoms with Gasteiger partial charge in [-0.2, -0.15) is 4.57 Å². The number of aromatic nitrogens is 1. The Labute approximate surface area is 77.1 Å². The van der Waals surface area contributed by atoms with Gasteiger partial charge < -0.3 is 9.15 Å². The smallest absolute Gasteiger partial charge is 0.455 e. The van der Waals surface area contributed by atoms with E-state index < -0.39 is 5.97 Å². The van der Waals surface area contributed by atoms with E-state index in [0.29, 0.717) is 13.2 Å². The molecular weight excluding hydrogens is 170 g/mol. The number of nitrogens with zero attached hydrogens (tertiary/aromatic N) is 1. The van der Waals surface area contributed by atoms with Crippen LogP contribution in [0.15, 0.2) is 16.9 Å². The number of esters is 1. The van der Waals surface area contributed by atoms with E-state index in [-0.39, 0.29) is 5.89 Å². The highest BCUT2D eigenvalue weighted by atomic mass is 16.5. The SMILES string of the molecule is CCCOC(=O)c1occ[n+]1CC. The number of carbonyl (C=O) groups excluding carboxylic acids is 1. The summed E-state index contributed by atoms with van der Waals surface area (Å²) in [5.41, 5.74) is 0. The second-order valence-electron chi connectivity index (χ2n) is 2.63. The molecule has 0 radical (unpaired) electrons. The molecule has 0 saturated heterocycles. The van der Waals surface area contributed by atoms with Crippen LogP contribution in [0, 0.1) is 0 Å². The Balaban J connectivity index is 2.65. The molecule has 13 heavy (non-hydrogen) atoms. The lowest BCUT2D eigenvalue weighted by Gasteiger charge is -1.96. The Morgan fingerprint density at radius 1 is 1.62 bits per heavy atom. The zero-order valence-corrected chi connectivity index (χ0v) is 7.95. The average molecular weight is 184 g/mol. The highest BCUT2D eigenvalue weighted by Crippen LogP contribution is 1.96. The molecule has 72 valence electrons. The lowest BCUT2D eigenvalue weighted by atomic mass is 10.5. The summed E-state index contributed by atoms with van der Waals surface area (Å²) in [6.07, 6.45) is 4.01. The van der Waals surface area contributed by atoms with Gasteiger partial charge in [0.15, 0.2) is 6.26 Å². The van der Waals surface area contributed by atoms with Gasteiger partial charge in [-0.15, -0.1) is 0 Å². The van der Waals surface area contributed by atoms with E-state index in [9.17, 15) is 4.79 Å². The Kier molecular flexibility index (Phi) is 3.49. The van der Waals surface area contributed by atoms with Crippen LogP contribution < -0.4 is 4.57 Å². The van der Waals surface area contributed by atoms with E-state index >= 15 is 0 Å². The predicted molar refractivity (Wildman–Crippen MR) is 45.2 cm³/mol. The Morgan fingerprint density at radius 2 is 2.38 bits per heavy atom. The Hall–Kier alpha value is -1.32. The van der Waals surface area contributed by atoms with Crippen molar-refractivity contribution in [2.24, 2.45) is 0 Å². The molecule has 1 heterocycles. The van der Waals surface area contributed by atoms with Gasteiger partial charge in [0.2, 0.25) is 6.20 Å². The van der Waals surface area contributed by atoms with Crippen LogP contribution in [0.5, 0.6) is 0 Å². The summed E-state index contributed by atoms with van der Waals surface area (Å²) in [5, 5.41) is 0. The van der Waals surface area contributed by atoms with Crippen molar-refractivity contribution in [1.29, 1.82) is 0 Å². The minimum absolute atomic E-state index is 0.260. The van der Waals surface area contributed by atoms with Gasteiger partial charge >= 0.3 is 11.9 Å². The monoisotopic (exact) mass is 184 g/mol. The van der Waals surface area contributed by atoms with Crippen LogP contribution in [0.4, 0.5) is 0 Å². The lowest BCUT2D eigenvalue weighted by Crippen LogP contribution is -2.37. The zero-order valence-electron chi connectivity index (χ0n) is 7.95. The van der Waals surface area contributed by atoms with Crippen molar-refractivity contribution in [3.05, 3.63) is 18.4 Å². The van der Waals surface area contributed by atoms with E-state index in [1.807, 2.05) is 13.8 Å². The number of oxazole rings is 1. The maximum Gasteiger partial charge on any atom is 0.461 e. The van der Waals surface area contributed by atoms with Gasteiger partial charge in [-0.3, -0.25) is 0 Å². The molecule has 0 bridgehead atoms. The van der Waals surface area contributed by atoms with Crippen LogP contribution in [0.25, 0.3) is 0 Å². The van der Waals surface area contributed by atoms with Gasteiger partial charge in [-0.25, -0.2) is 4.79 Å². The number of aryl methyl sites for hydroxylation is 1. The molecule has 0 amide bonds. The molecule has 0 aromatic carbocycles. The van der Waals surface area contributed by atoms with Gasteiger partial charge in [-0.1, -0.05) is 6.92 Å². The van der Waals surface area contributed by atoms with E-state index in [1.54, 1.807) is 10.8 Å². The molecule has 0 saturated carbocycles. The fourth-order valence-electron chi connectivity index (χ4n) is 0.975. The van der Waals surface area contributed by atoms with Gasteiger partial charge in [-0.05, 0) is 13.3 Å². The van der Waals surface area contributed by atoms with Crippen molar-refractivity contribution in [3.63, 3.8) is 0 Å². The minimum atomic E-state index is -0.395. The first-order valence-corrected chi connectivity index (χ1v) is 4.43. The molecule has 0 aliphatic carbocycles. The van der Waals surface area contributed by atoms with Crippen molar-refractivity contribution in [3.8, 4) is 0 Å². The second-order valence-corrected chi connectivity index (χ2v) is 2.63. The summed E-state index contributed by atoms with van der Waals surface area (Å²) in [5.74, 6) is -0.135. The maximum absolute atomic E-state index is 11.3. The standard InChI is InChI=1S/C9H14NO3/c1-3-6-13-9(11)8-10(4-2)5-7-12-8/h5,7H,3-4,6H2,1-2H3/q+1. The molecule has 0 atom stereocenters. The van der Waals surface area contributed by atoms with E-state index in [0.717, 1.165) is 6.42 Å². The number of carbonyl (C=O) groups is 1. The number of hydrogen-bond acceptors (Lipinski definition) is 3. The number of ether oxygens (including phenoxy) is 1. The van der Waals surface area contributed by atoms with Crippen molar-refractivity contribution in [2.75, 3.05) is 6.61 Å². The highest BCUT2D eigenvalue weighted by Gasteiger charge is 2.23. The molecule has 4 nitrogen and oxygen atoms in total. The molecule has 1 aromatic heterocycles. The lowest BCUT2D eigenvalue weighted by molar-refractivity contribution is -0.698. The summed E-state index contributed by atoms with van der Waals surface area (Å²) in [4.78, 5) is 11.3. The Bertz CT molecular complexity index is 280. The van der Waals surface area contributed by atoms with Crippen molar-refractivity contribution < 1.29 is 18.5 Å². The second kappa shape index (κ2) is 4.64. The molecule has 0 N–H and O–H groups in total. The third-order valence-corrected chi connectivity index (χ3v) is 1.63. The molecule has 0 aliphatic heterocycles. The number of hydrogen-bond donors (Lipinski definition) is 0. The molecule has 0 unspecified atom stereocenters. The summed E-state index contributed by atoms with van der Waals surface area (Å²) < 4.78 is 11.6. The topological polar surface area (TPSA) is 43.3 Å². The number of rotatable bonds is 4. The van der Waals surface area contributed by atoms with E-state index in [1.165, 1.54) is 6.26 Å². The quantitative estimate of drug-likeness (QED) is 0.521. The van der Waals surface area contributed by atoms with Crippen molar-refractivity contribution in [1.82, 2.24) is 0 Å². The van der Waals surface area contributed by atoms with Gasteiger partial charge in [0.25, 0.3) is 0 Å². The van der Waals surface area contributed by atoms with Crippen LogP contribution >= 0.6 is 0 Å². The first kappa shape index (κ1) is 9.77. The third-order valence-electron chi connectivity index (χ3n) is 1.63. The third kappa shape index (κ3) is 2.31. The maximum atomic E-state index is 11.3. The van der Waals surface area contributed by atoms with Gasteiger partial charge in [0, 0.05) is 0 Å². The zero-order chi connectivity index (χ0) is 9.68. The van der Waals surface area contributed by atoms with Crippen LogP contribution in [-0.2, 0) is 11.3 Å². The molecule has 1 aromatic rings. The van der Waals surface area contributed by atoms with Crippen molar-refractivity contribution >= 4 is 5.97 Å². The summed E-state index contributed by atoms with van der Waals surface area (Å²) in [6.45, 7) is 5.02. The molecule has 1 rings (SSSR count). The fourth-order valence-corrected chi connectivity index (χ4v) is 0.975. The Morgan fingerprint density at radius 3 is 3.00 bits per heavy atom. The normalized spacial score (nSPS) is 10.0. The van der Waals surface area contributed by atoms with Crippen molar-refractivity contribution in [2.45, 2.75) is 26.8 Å². The average Bonchev–Trinajstić information content (AvgIpc) is 2.61. The summed E-state index contributed by atoms with van der Waals surface area (Å²) in [7, 11) is 0. The molecule has 4 heteroatoms. The molecule has 0 fully saturated rings. The first-order valence-electron chi connectivity index (χ1n) is 4.43. The van der Waals surface area contributed by atoms with Crippen LogP contribution in [-0.4, -0.2) is 12.6 Å². The molecular formula is C9H14NO3+. The minimum Gasteiger partial charge on any atom is -0.455 e. The van der Waals surface area contributed by atoms with Gasteiger partial charge in [0.05, 0.1) is 6.61 Å². The molecule has 0 spiro atoms. The summed E-state index contributed by atoms with van der Waals surface area (Å²) in [6, 6.07) is 0. The van der Waals surface area contributed by atoms with E-state index in [4.69, 9.17) is 9.15 Å². The largest absolute Gasteiger partial charge is 0.461 e. The van der Waals surface area contributed by atoms with Crippen LogP contribution in [0.2, 0.25) is 0 Å². The van der Waals surface area contributed by atoms with Crippen LogP contribution in [0.3, 0.4) is 0 Å². The predicted octanol–water partition coefficient (Wildman–Crippen LogP) is 1.15. The highest BCUT2D eigenvalue weighted by molar-refractivity contribution is 5.82. The molecule has 0 aliphatic rings. The summed E-state index contributed by atoms with van der Waals surface area (Å²) >= 11 is 0. The van der Waals surface area contributed by atoms with Gasteiger partial charge in [0.1, 0.15) is 6.54 Å². The van der Waals surface area contributed by atoms with E-state index in [2.05, 4.69) is 0 Å². The first-order chi connectivity index (χ1) is 6.29. The van der Waals surface area contributed by atoms with Crippen LogP contribution in [0.1, 0.15) is 31.0 Å².